The van der Waals surface area contributed by atoms with Crippen LogP contribution >= 0.6 is 19.2 Å². The van der Waals surface area contributed by atoms with Crippen molar-refractivity contribution in [3.05, 3.63) is 34.9 Å². The quantitative estimate of drug-likeness (QED) is 0.420. The molecule has 1 unspecified atom stereocenters. The summed E-state index contributed by atoms with van der Waals surface area (Å²) < 4.78 is 41.9. The van der Waals surface area contributed by atoms with Gasteiger partial charge < -0.3 is 0 Å². The molecule has 1 saturated heterocycles. The molecule has 0 amide bonds. The van der Waals surface area contributed by atoms with Crippen LogP contribution in [0.25, 0.3) is 0 Å². The summed E-state index contributed by atoms with van der Waals surface area (Å²) in [5.74, 6) is -0.984. The maximum atomic E-state index is 13.4. The second-order valence-corrected chi connectivity index (χ2v) is 11.2. The fourth-order valence-corrected chi connectivity index (χ4v) is 8.25. The molecule has 0 N–H and O–H groups in total. The Morgan fingerprint density at radius 1 is 1.20 bits per heavy atom. The Kier molecular flexibility index (Phi) is 8.00. The van der Waals surface area contributed by atoms with Crippen molar-refractivity contribution in [1.29, 1.82) is 0 Å². The summed E-state index contributed by atoms with van der Waals surface area (Å²) >= 11 is 3.74. The van der Waals surface area contributed by atoms with Crippen LogP contribution in [0.4, 0.5) is 0 Å². The molecule has 25 heavy (non-hydrogen) atoms. The van der Waals surface area contributed by atoms with Gasteiger partial charge in [-0.1, -0.05) is 0 Å². The fourth-order valence-electron chi connectivity index (χ4n) is 2.17. The van der Waals surface area contributed by atoms with Gasteiger partial charge in [-0.3, -0.25) is 0 Å². The Balaban J connectivity index is 2.29. The van der Waals surface area contributed by atoms with Gasteiger partial charge in [0, 0.05) is 0 Å². The summed E-state index contributed by atoms with van der Waals surface area (Å²) in [5.41, 5.74) is 0.471. The molecule has 1 fully saturated rings. The minimum absolute atomic E-state index is 0.0714. The van der Waals surface area contributed by atoms with Gasteiger partial charge in [0.25, 0.3) is 0 Å². The zero-order chi connectivity index (χ0) is 18.5. The molecule has 0 bridgehead atoms. The molecular formula is C16H25AsClO6P. The molecule has 2 rings (SSSR count). The summed E-state index contributed by atoms with van der Waals surface area (Å²) in [6.07, 6.45) is 0. The van der Waals surface area contributed by atoms with Crippen LogP contribution in [-0.4, -0.2) is 42.1 Å². The van der Waals surface area contributed by atoms with E-state index >= 15 is 0 Å². The average molecular weight is 455 g/mol. The number of rotatable bonds is 8. The second kappa shape index (κ2) is 9.34. The molecule has 0 spiro atoms. The maximum absolute atomic E-state index is 13.4. The van der Waals surface area contributed by atoms with E-state index in [1.807, 2.05) is 0 Å². The van der Waals surface area contributed by atoms with E-state index in [1.165, 1.54) is 0 Å². The Bertz CT molecular complexity index is 594. The minimum atomic E-state index is -3.61. The number of hydrogen-bond donors (Lipinski definition) is 0. The van der Waals surface area contributed by atoms with Gasteiger partial charge in [-0.2, -0.15) is 0 Å². The van der Waals surface area contributed by atoms with Crippen LogP contribution in [0.2, 0.25) is 5.02 Å². The molecule has 1 heterocycles. The van der Waals surface area contributed by atoms with Gasteiger partial charge in [0.15, 0.2) is 0 Å². The average Bonchev–Trinajstić information content (AvgIpc) is 2.55. The first kappa shape index (κ1) is 21.4. The molecule has 0 radical (unpaired) electrons. The second-order valence-electron chi connectivity index (χ2n) is 6.29. The standard InChI is InChI=1S/C16H25AsClO6P/c1-5-22-25(19,23-6-2)15(13-9-7-8-10-14(13)18)24-17-20-11-16(3,4)12-21-17/h7-10,15H,5-6,11-12H2,1-4H3. The normalized spacial score (nSPS) is 19.7. The van der Waals surface area contributed by atoms with Gasteiger partial charge in [-0.15, -0.1) is 0 Å². The van der Waals surface area contributed by atoms with Crippen LogP contribution < -0.4 is 0 Å². The first-order chi connectivity index (χ1) is 11.8. The van der Waals surface area contributed by atoms with Crippen molar-refractivity contribution in [2.45, 2.75) is 33.5 Å². The van der Waals surface area contributed by atoms with Gasteiger partial charge in [-0.25, -0.2) is 0 Å². The Morgan fingerprint density at radius 3 is 2.28 bits per heavy atom. The molecule has 9 heteroatoms. The first-order valence-corrected chi connectivity index (χ1v) is 12.5. The summed E-state index contributed by atoms with van der Waals surface area (Å²) in [4.78, 5) is 0. The van der Waals surface area contributed by atoms with E-state index in [4.69, 9.17) is 31.8 Å². The predicted octanol–water partition coefficient (Wildman–Crippen LogP) is 4.68. The van der Waals surface area contributed by atoms with Gasteiger partial charge >= 0.3 is 160 Å². The number of halogens is 1. The van der Waals surface area contributed by atoms with Gasteiger partial charge in [0.05, 0.1) is 0 Å². The molecule has 0 aromatic heterocycles. The van der Waals surface area contributed by atoms with Crippen LogP contribution in [0.15, 0.2) is 24.3 Å². The molecule has 1 aromatic carbocycles. The van der Waals surface area contributed by atoms with E-state index in [2.05, 4.69) is 13.8 Å². The summed E-state index contributed by atoms with van der Waals surface area (Å²) in [5, 5.41) is 0.429. The van der Waals surface area contributed by atoms with Gasteiger partial charge in [0.2, 0.25) is 0 Å². The molecule has 6 nitrogen and oxygen atoms in total. The first-order valence-electron chi connectivity index (χ1n) is 8.17. The summed E-state index contributed by atoms with van der Waals surface area (Å²) in [6, 6.07) is 7.06. The van der Waals surface area contributed by atoms with Crippen LogP contribution in [0.1, 0.15) is 39.1 Å². The van der Waals surface area contributed by atoms with Crippen LogP contribution in [0.5, 0.6) is 0 Å². The van der Waals surface area contributed by atoms with E-state index in [1.54, 1.807) is 38.1 Å². The Morgan fingerprint density at radius 2 is 1.76 bits per heavy atom. The van der Waals surface area contributed by atoms with Crippen LogP contribution in [0, 0.1) is 5.41 Å². The van der Waals surface area contributed by atoms with Crippen molar-refractivity contribution in [3.63, 3.8) is 0 Å². The van der Waals surface area contributed by atoms with Crippen molar-refractivity contribution in [2.24, 2.45) is 5.41 Å². The van der Waals surface area contributed by atoms with E-state index in [0.717, 1.165) is 0 Å². The molecule has 1 aromatic rings. The molecule has 1 aliphatic heterocycles. The van der Waals surface area contributed by atoms with Crippen molar-refractivity contribution >= 4 is 34.9 Å². The molecule has 0 aliphatic carbocycles. The topological polar surface area (TPSA) is 63.2 Å². The summed E-state index contributed by atoms with van der Waals surface area (Å²) in [6.45, 7) is 9.11. The van der Waals surface area contributed by atoms with E-state index in [9.17, 15) is 4.57 Å². The van der Waals surface area contributed by atoms with Crippen molar-refractivity contribution in [3.8, 4) is 0 Å². The Hall–Kier alpha value is 0.0984. The Labute approximate surface area is 159 Å². The molecule has 142 valence electrons. The molecule has 0 saturated carbocycles. The third kappa shape index (κ3) is 5.79. The van der Waals surface area contributed by atoms with Gasteiger partial charge in [0.1, 0.15) is 0 Å². The van der Waals surface area contributed by atoms with Crippen molar-refractivity contribution < 1.29 is 24.8 Å². The third-order valence-corrected chi connectivity index (χ3v) is 8.51. The molecule has 1 atom stereocenters. The summed E-state index contributed by atoms with van der Waals surface area (Å²) in [7, 11) is -3.61. The van der Waals surface area contributed by atoms with E-state index in [-0.39, 0.29) is 18.6 Å². The van der Waals surface area contributed by atoms with Crippen LogP contribution in [-0.2, 0) is 24.8 Å². The van der Waals surface area contributed by atoms with Gasteiger partial charge in [-0.05, 0) is 0 Å². The molecular weight excluding hydrogens is 430 g/mol. The van der Waals surface area contributed by atoms with E-state index < -0.39 is 29.1 Å². The SMILES string of the molecule is CCOP(=O)(OCC)C(O[As]1OCC(C)(C)CO1)c1ccccc1Cl. The number of benzene rings is 1. The third-order valence-electron chi connectivity index (χ3n) is 3.38. The molecule has 1 aliphatic rings. The fraction of sp³-hybridized carbons (Fsp3) is 0.625. The van der Waals surface area contributed by atoms with E-state index in [0.29, 0.717) is 23.8 Å². The van der Waals surface area contributed by atoms with Crippen LogP contribution in [0.3, 0.4) is 0 Å². The van der Waals surface area contributed by atoms with Crippen molar-refractivity contribution in [2.75, 3.05) is 26.4 Å². The zero-order valence-corrected chi connectivity index (χ0v) is 18.5. The van der Waals surface area contributed by atoms with Crippen molar-refractivity contribution in [1.82, 2.24) is 0 Å². The number of hydrogen-bond acceptors (Lipinski definition) is 6. The monoisotopic (exact) mass is 454 g/mol. The zero-order valence-electron chi connectivity index (χ0n) is 14.9. The predicted molar refractivity (Wildman–Crippen MR) is 97.6 cm³/mol.